The van der Waals surface area contributed by atoms with Crippen LogP contribution in [-0.2, 0) is 9.59 Å². The molecular weight excluding hydrogens is 396 g/mol. The Labute approximate surface area is 168 Å². The molecule has 2 heterocycles. The third-order valence-corrected chi connectivity index (χ3v) is 5.45. The fourth-order valence-corrected chi connectivity index (χ4v) is 3.84. The molecule has 30 heavy (non-hydrogen) atoms. The van der Waals surface area contributed by atoms with E-state index < -0.39 is 47.7 Å². The van der Waals surface area contributed by atoms with E-state index in [0.29, 0.717) is 9.80 Å². The summed E-state index contributed by atoms with van der Waals surface area (Å²) in [5.41, 5.74) is -0.0606. The van der Waals surface area contributed by atoms with Crippen LogP contribution in [0, 0.1) is 0 Å². The van der Waals surface area contributed by atoms with E-state index in [0.717, 1.165) is 0 Å². The normalized spacial score (nSPS) is 17.4. The molecule has 2 aliphatic rings. The highest BCUT2D eigenvalue weighted by atomic mass is 16.4. The van der Waals surface area contributed by atoms with Gasteiger partial charge in [0.15, 0.2) is 0 Å². The molecule has 0 radical (unpaired) electrons. The van der Waals surface area contributed by atoms with Crippen LogP contribution < -0.4 is 0 Å². The molecule has 0 saturated carbocycles. The summed E-state index contributed by atoms with van der Waals surface area (Å²) in [6, 6.07) is 2.26. The lowest BCUT2D eigenvalue weighted by molar-refractivity contribution is -0.141. The van der Waals surface area contributed by atoms with Crippen molar-refractivity contribution >= 4 is 46.3 Å². The molecule has 4 rings (SSSR count). The predicted octanol–water partition coefficient (Wildman–Crippen LogP) is 0.978. The van der Waals surface area contributed by atoms with Gasteiger partial charge in [-0.25, -0.2) is 9.59 Å². The van der Waals surface area contributed by atoms with Crippen LogP contribution in [0.4, 0.5) is 0 Å². The average molecular weight is 410 g/mol. The summed E-state index contributed by atoms with van der Waals surface area (Å²) >= 11 is 0. The van der Waals surface area contributed by atoms with E-state index in [9.17, 15) is 39.0 Å². The molecule has 0 fully saturated rings. The molecule has 4 amide bonds. The summed E-state index contributed by atoms with van der Waals surface area (Å²) in [6.07, 6.45) is 0. The van der Waals surface area contributed by atoms with Gasteiger partial charge in [-0.3, -0.25) is 29.0 Å². The van der Waals surface area contributed by atoms with E-state index >= 15 is 0 Å². The zero-order valence-corrected chi connectivity index (χ0v) is 15.7. The first kappa shape index (κ1) is 19.2. The fraction of sp³-hybridized carbons (Fsp3) is 0.200. The van der Waals surface area contributed by atoms with Gasteiger partial charge in [0.25, 0.3) is 23.6 Å². The molecule has 0 spiro atoms. The van der Waals surface area contributed by atoms with Crippen molar-refractivity contribution in [3.05, 3.63) is 46.5 Å². The molecule has 2 aromatic rings. The molecule has 0 aromatic heterocycles. The van der Waals surface area contributed by atoms with E-state index in [1.165, 1.54) is 38.1 Å². The van der Waals surface area contributed by atoms with Crippen LogP contribution in [-0.4, -0.2) is 67.7 Å². The smallest absolute Gasteiger partial charge is 0.326 e. The van der Waals surface area contributed by atoms with Crippen LogP contribution in [0.25, 0.3) is 10.8 Å². The molecule has 10 heteroatoms. The number of imide groups is 2. The SMILES string of the molecule is C[C@H](C(=O)O)N1C(=O)c2ccc3c4c(ccc(c24)C1=O)C(=O)N([C@H](C)C(=O)O)C3=O. The summed E-state index contributed by atoms with van der Waals surface area (Å²) in [5, 5.41) is 18.7. The Bertz CT molecular complexity index is 1070. The number of hydrogen-bond donors (Lipinski definition) is 2. The van der Waals surface area contributed by atoms with Crippen molar-refractivity contribution in [3.8, 4) is 0 Å². The number of benzene rings is 2. The molecular formula is C20H14N2O8. The van der Waals surface area contributed by atoms with Gasteiger partial charge in [-0.1, -0.05) is 0 Å². The first-order valence-corrected chi connectivity index (χ1v) is 8.89. The summed E-state index contributed by atoms with van der Waals surface area (Å²) in [5.74, 6) is -6.15. The van der Waals surface area contributed by atoms with Gasteiger partial charge in [-0.05, 0) is 38.1 Å². The van der Waals surface area contributed by atoms with Crippen LogP contribution in [0.2, 0.25) is 0 Å². The van der Waals surface area contributed by atoms with Gasteiger partial charge in [-0.2, -0.15) is 0 Å². The lowest BCUT2D eigenvalue weighted by Gasteiger charge is -2.34. The number of nitrogens with zero attached hydrogens (tertiary/aromatic N) is 2. The van der Waals surface area contributed by atoms with Crippen molar-refractivity contribution in [2.45, 2.75) is 25.9 Å². The molecule has 10 nitrogen and oxygen atoms in total. The Kier molecular flexibility index (Phi) is 3.98. The minimum absolute atomic E-state index is 0.0152. The van der Waals surface area contributed by atoms with Gasteiger partial charge in [0.1, 0.15) is 12.1 Å². The lowest BCUT2D eigenvalue weighted by Crippen LogP contribution is -2.51. The molecule has 0 aliphatic carbocycles. The summed E-state index contributed by atoms with van der Waals surface area (Å²) < 4.78 is 0. The van der Waals surface area contributed by atoms with Crippen molar-refractivity contribution in [1.82, 2.24) is 9.80 Å². The first-order chi connectivity index (χ1) is 14.1. The molecule has 152 valence electrons. The van der Waals surface area contributed by atoms with Gasteiger partial charge in [0, 0.05) is 33.0 Å². The van der Waals surface area contributed by atoms with Crippen molar-refractivity contribution in [3.63, 3.8) is 0 Å². The number of carboxylic acid groups (broad SMARTS) is 2. The Morgan fingerprint density at radius 3 is 1.07 bits per heavy atom. The maximum atomic E-state index is 12.9. The fourth-order valence-electron chi connectivity index (χ4n) is 3.84. The summed E-state index contributed by atoms with van der Waals surface area (Å²) in [4.78, 5) is 75.5. The monoisotopic (exact) mass is 410 g/mol. The number of amides is 4. The van der Waals surface area contributed by atoms with Crippen molar-refractivity contribution in [2.24, 2.45) is 0 Å². The molecule has 2 atom stereocenters. The zero-order chi connectivity index (χ0) is 22.1. The van der Waals surface area contributed by atoms with Gasteiger partial charge < -0.3 is 10.2 Å². The second-order valence-corrected chi connectivity index (χ2v) is 7.06. The Morgan fingerprint density at radius 1 is 0.633 bits per heavy atom. The van der Waals surface area contributed by atoms with Gasteiger partial charge in [0.05, 0.1) is 0 Å². The van der Waals surface area contributed by atoms with Crippen LogP contribution in [0.1, 0.15) is 55.3 Å². The zero-order valence-electron chi connectivity index (χ0n) is 15.7. The molecule has 0 bridgehead atoms. The van der Waals surface area contributed by atoms with E-state index in [2.05, 4.69) is 0 Å². The third kappa shape index (κ3) is 2.30. The largest absolute Gasteiger partial charge is 0.480 e. The number of carbonyl (C=O) groups excluding carboxylic acids is 4. The average Bonchev–Trinajstić information content (AvgIpc) is 2.70. The van der Waals surface area contributed by atoms with E-state index in [4.69, 9.17) is 0 Å². The standard InChI is InChI=1S/C20H14N2O8/c1-7(19(27)28)21-15(23)9-3-5-11-14-12(6-4-10(13(9)14)16(21)24)18(26)22(17(11)25)8(2)20(29)30/h3-8H,1-2H3,(H,27,28)(H,29,30)/t7-,8-/m1/s1. The van der Waals surface area contributed by atoms with Crippen LogP contribution in [0.15, 0.2) is 24.3 Å². The summed E-state index contributed by atoms with van der Waals surface area (Å²) in [6.45, 7) is 2.40. The highest BCUT2D eigenvalue weighted by Crippen LogP contribution is 2.38. The van der Waals surface area contributed by atoms with Gasteiger partial charge in [-0.15, -0.1) is 0 Å². The number of rotatable bonds is 4. The van der Waals surface area contributed by atoms with Crippen LogP contribution >= 0.6 is 0 Å². The van der Waals surface area contributed by atoms with E-state index in [-0.39, 0.29) is 33.0 Å². The van der Waals surface area contributed by atoms with Gasteiger partial charge in [0.2, 0.25) is 0 Å². The highest BCUT2D eigenvalue weighted by molar-refractivity contribution is 6.33. The number of hydrogen-bond acceptors (Lipinski definition) is 6. The van der Waals surface area contributed by atoms with E-state index in [1.807, 2.05) is 0 Å². The number of carbonyl (C=O) groups is 6. The van der Waals surface area contributed by atoms with E-state index in [1.54, 1.807) is 0 Å². The molecule has 2 N–H and O–H groups in total. The van der Waals surface area contributed by atoms with Crippen molar-refractivity contribution in [2.75, 3.05) is 0 Å². The molecule has 0 unspecified atom stereocenters. The van der Waals surface area contributed by atoms with Crippen molar-refractivity contribution < 1.29 is 39.0 Å². The van der Waals surface area contributed by atoms with Crippen molar-refractivity contribution in [1.29, 1.82) is 0 Å². The number of aliphatic carboxylic acids is 2. The molecule has 2 aromatic carbocycles. The minimum atomic E-state index is -1.42. The topological polar surface area (TPSA) is 149 Å². The second kappa shape index (κ2) is 6.21. The third-order valence-electron chi connectivity index (χ3n) is 5.45. The maximum Gasteiger partial charge on any atom is 0.326 e. The highest BCUT2D eigenvalue weighted by Gasteiger charge is 2.43. The Morgan fingerprint density at radius 2 is 0.867 bits per heavy atom. The number of carboxylic acids is 2. The van der Waals surface area contributed by atoms with Crippen LogP contribution in [0.5, 0.6) is 0 Å². The Hall–Kier alpha value is -4.08. The van der Waals surface area contributed by atoms with Gasteiger partial charge >= 0.3 is 11.9 Å². The molecule has 0 saturated heterocycles. The minimum Gasteiger partial charge on any atom is -0.480 e. The molecule has 2 aliphatic heterocycles. The maximum absolute atomic E-state index is 12.9. The lowest BCUT2D eigenvalue weighted by atomic mass is 9.85. The summed E-state index contributed by atoms with van der Waals surface area (Å²) in [7, 11) is 0. The van der Waals surface area contributed by atoms with Crippen LogP contribution in [0.3, 0.4) is 0 Å². The Balaban J connectivity index is 1.99. The second-order valence-electron chi connectivity index (χ2n) is 7.06. The predicted molar refractivity (Wildman–Crippen MR) is 99.1 cm³/mol. The quantitative estimate of drug-likeness (QED) is 0.708. The first-order valence-electron chi connectivity index (χ1n) is 8.89.